The van der Waals surface area contributed by atoms with Gasteiger partial charge in [-0.2, -0.15) is 0 Å². The van der Waals surface area contributed by atoms with Gasteiger partial charge in [-0.1, -0.05) is 127 Å². The maximum absolute atomic E-state index is 6.46. The molecule has 4 heterocycles. The molecular formula is C52H36N4O. The highest BCUT2D eigenvalue weighted by molar-refractivity contribution is 6.21. The Bertz CT molecular complexity index is 3360. The molecule has 1 aliphatic rings. The van der Waals surface area contributed by atoms with Crippen LogP contribution in [-0.2, 0) is 0 Å². The van der Waals surface area contributed by atoms with Gasteiger partial charge in [0.1, 0.15) is 17.3 Å². The molecule has 1 aliphatic heterocycles. The molecule has 0 spiro atoms. The Morgan fingerprint density at radius 3 is 1.77 bits per heavy atom. The molecule has 5 nitrogen and oxygen atoms in total. The van der Waals surface area contributed by atoms with Crippen molar-refractivity contribution in [2.45, 2.75) is 12.2 Å². The van der Waals surface area contributed by atoms with E-state index < -0.39 is 0 Å². The van der Waals surface area contributed by atoms with Crippen LogP contribution in [0.4, 0.5) is 0 Å². The highest BCUT2D eigenvalue weighted by atomic mass is 16.3. The Balaban J connectivity index is 1.07. The number of nitrogens with one attached hydrogen (secondary N) is 2. The lowest BCUT2D eigenvalue weighted by Gasteiger charge is -2.33. The molecule has 3 aromatic heterocycles. The predicted molar refractivity (Wildman–Crippen MR) is 235 cm³/mol. The predicted octanol–water partition coefficient (Wildman–Crippen LogP) is 12.8. The van der Waals surface area contributed by atoms with Gasteiger partial charge in [0.15, 0.2) is 0 Å². The fourth-order valence-electron chi connectivity index (χ4n) is 9.14. The van der Waals surface area contributed by atoms with Crippen LogP contribution in [0.5, 0.6) is 0 Å². The van der Waals surface area contributed by atoms with Crippen molar-refractivity contribution in [2.75, 3.05) is 0 Å². The molecule has 2 N–H and O–H groups in total. The molecule has 5 heteroatoms. The molecule has 0 amide bonds. The number of hydrogen-bond acceptors (Lipinski definition) is 3. The maximum atomic E-state index is 6.46. The molecule has 0 saturated heterocycles. The van der Waals surface area contributed by atoms with Crippen LogP contribution in [0.15, 0.2) is 199 Å². The van der Waals surface area contributed by atoms with Crippen molar-refractivity contribution in [2.24, 2.45) is 0 Å². The van der Waals surface area contributed by atoms with Crippen LogP contribution in [0.25, 0.3) is 82.6 Å². The molecule has 57 heavy (non-hydrogen) atoms. The first-order valence-corrected chi connectivity index (χ1v) is 19.6. The number of rotatable bonds is 5. The van der Waals surface area contributed by atoms with Gasteiger partial charge in [-0.15, -0.1) is 0 Å². The molecular weight excluding hydrogens is 697 g/mol. The van der Waals surface area contributed by atoms with Gasteiger partial charge < -0.3 is 18.9 Å². The van der Waals surface area contributed by atoms with Gasteiger partial charge in [0.2, 0.25) is 0 Å². The fraction of sp³-hybridized carbons (Fsp3) is 0.0385. The SMILES string of the molecule is C1=C(c2ccccc2)NC(c2cccc(-n3c4ccccc4c4cc5c(cc43)c3cc4oc6ccccc6c4cc3n5-c3ccccc3)c2)NC1c1ccccc1. The zero-order valence-corrected chi connectivity index (χ0v) is 30.9. The first kappa shape index (κ1) is 32.0. The molecule has 0 aliphatic carbocycles. The largest absolute Gasteiger partial charge is 0.456 e. The standard InChI is InChI=1S/C52H36N4O/c1-4-15-33(16-5-1)44-32-45(34-17-6-2-7-18-34)54-52(53-44)35-19-14-22-37(27-35)56-46-25-12-10-23-38(46)40-28-48-41(29-47(40)56)42-31-51-43(39-24-11-13-26-50(39)57-51)30-49(42)55(48)36-20-8-3-9-21-36/h1-32,44,52-54H. The lowest BCUT2D eigenvalue weighted by Crippen LogP contribution is -2.39. The molecule has 0 saturated carbocycles. The third kappa shape index (κ3) is 5.06. The number of aromatic nitrogens is 2. The lowest BCUT2D eigenvalue weighted by molar-refractivity contribution is 0.442. The molecule has 0 bridgehead atoms. The summed E-state index contributed by atoms with van der Waals surface area (Å²) in [6, 6.07) is 67.5. The van der Waals surface area contributed by atoms with Crippen LogP contribution in [0.1, 0.15) is 28.9 Å². The van der Waals surface area contributed by atoms with Crippen molar-refractivity contribution in [3.8, 4) is 11.4 Å². The van der Waals surface area contributed by atoms with Gasteiger partial charge >= 0.3 is 0 Å². The second-order valence-corrected chi connectivity index (χ2v) is 15.0. The summed E-state index contributed by atoms with van der Waals surface area (Å²) in [5, 5.41) is 14.8. The molecule has 2 atom stereocenters. The number of para-hydroxylation sites is 3. The number of furan rings is 1. The summed E-state index contributed by atoms with van der Waals surface area (Å²) < 4.78 is 11.3. The smallest absolute Gasteiger partial charge is 0.136 e. The number of hydrogen-bond donors (Lipinski definition) is 2. The fourth-order valence-corrected chi connectivity index (χ4v) is 9.14. The van der Waals surface area contributed by atoms with Crippen molar-refractivity contribution < 1.29 is 4.42 Å². The normalized spacial score (nSPS) is 15.9. The van der Waals surface area contributed by atoms with Crippen molar-refractivity contribution in [3.05, 3.63) is 211 Å². The Labute approximate surface area is 328 Å². The van der Waals surface area contributed by atoms with E-state index in [1.165, 1.54) is 38.3 Å². The monoisotopic (exact) mass is 732 g/mol. The molecule has 0 fully saturated rings. The van der Waals surface area contributed by atoms with Crippen LogP contribution >= 0.6 is 0 Å². The van der Waals surface area contributed by atoms with E-state index in [0.29, 0.717) is 0 Å². The first-order valence-electron chi connectivity index (χ1n) is 19.6. The van der Waals surface area contributed by atoms with Gasteiger partial charge in [0.05, 0.1) is 28.1 Å². The van der Waals surface area contributed by atoms with Gasteiger partial charge in [0.25, 0.3) is 0 Å². The molecule has 11 aromatic rings. The first-order chi connectivity index (χ1) is 28.2. The van der Waals surface area contributed by atoms with Gasteiger partial charge in [-0.3, -0.25) is 5.32 Å². The van der Waals surface area contributed by atoms with Crippen LogP contribution in [0.2, 0.25) is 0 Å². The minimum absolute atomic E-state index is 0.0398. The summed E-state index contributed by atoms with van der Waals surface area (Å²) in [7, 11) is 0. The molecule has 0 radical (unpaired) electrons. The lowest BCUT2D eigenvalue weighted by atomic mass is 9.98. The van der Waals surface area contributed by atoms with E-state index in [1.807, 2.05) is 6.07 Å². The van der Waals surface area contributed by atoms with Crippen molar-refractivity contribution >= 4 is 71.2 Å². The van der Waals surface area contributed by atoms with Crippen molar-refractivity contribution in [3.63, 3.8) is 0 Å². The number of fused-ring (bicyclic) bond motifs is 9. The Morgan fingerprint density at radius 1 is 0.404 bits per heavy atom. The minimum atomic E-state index is -0.120. The van der Waals surface area contributed by atoms with Gasteiger partial charge in [0, 0.05) is 49.4 Å². The second kappa shape index (κ2) is 12.6. The average molecular weight is 733 g/mol. The number of nitrogens with zero attached hydrogens (tertiary/aromatic N) is 2. The zero-order valence-electron chi connectivity index (χ0n) is 30.9. The minimum Gasteiger partial charge on any atom is -0.456 e. The van der Waals surface area contributed by atoms with E-state index in [2.05, 4.69) is 208 Å². The molecule has 270 valence electrons. The third-order valence-corrected chi connectivity index (χ3v) is 11.8. The quantitative estimate of drug-likeness (QED) is 0.185. The van der Waals surface area contributed by atoms with E-state index in [-0.39, 0.29) is 12.2 Å². The second-order valence-electron chi connectivity index (χ2n) is 15.0. The highest BCUT2D eigenvalue weighted by Crippen LogP contribution is 2.42. The van der Waals surface area contributed by atoms with Gasteiger partial charge in [-0.05, 0) is 83.4 Å². The van der Waals surface area contributed by atoms with Gasteiger partial charge in [-0.25, -0.2) is 0 Å². The Hall–Kier alpha value is -7.34. The van der Waals surface area contributed by atoms with Crippen LogP contribution in [-0.4, -0.2) is 9.13 Å². The Morgan fingerprint density at radius 2 is 0.982 bits per heavy atom. The average Bonchev–Trinajstić information content (AvgIpc) is 3.92. The molecule has 12 rings (SSSR count). The topological polar surface area (TPSA) is 47.1 Å². The van der Waals surface area contributed by atoms with Crippen LogP contribution < -0.4 is 10.6 Å². The Kier molecular flexibility index (Phi) is 7.06. The highest BCUT2D eigenvalue weighted by Gasteiger charge is 2.25. The number of benzene rings is 8. The van der Waals surface area contributed by atoms with Crippen LogP contribution in [0.3, 0.4) is 0 Å². The van der Waals surface area contributed by atoms with E-state index >= 15 is 0 Å². The summed E-state index contributed by atoms with van der Waals surface area (Å²) in [6.07, 6.45) is 2.18. The van der Waals surface area contributed by atoms with E-state index in [9.17, 15) is 0 Å². The van der Waals surface area contributed by atoms with Crippen molar-refractivity contribution in [1.82, 2.24) is 19.8 Å². The molecule has 2 unspecified atom stereocenters. The van der Waals surface area contributed by atoms with Crippen LogP contribution in [0, 0.1) is 0 Å². The molecule has 8 aromatic carbocycles. The summed E-state index contributed by atoms with van der Waals surface area (Å²) in [5.74, 6) is 0. The zero-order chi connectivity index (χ0) is 37.5. The summed E-state index contributed by atoms with van der Waals surface area (Å²) >= 11 is 0. The van der Waals surface area contributed by atoms with Crippen molar-refractivity contribution in [1.29, 1.82) is 0 Å². The summed E-state index contributed by atoms with van der Waals surface area (Å²) in [6.45, 7) is 0. The van der Waals surface area contributed by atoms with E-state index in [4.69, 9.17) is 4.42 Å². The van der Waals surface area contributed by atoms with E-state index in [1.54, 1.807) is 0 Å². The summed E-state index contributed by atoms with van der Waals surface area (Å²) in [4.78, 5) is 0. The third-order valence-electron chi connectivity index (χ3n) is 11.8. The summed E-state index contributed by atoms with van der Waals surface area (Å²) in [5.41, 5.74) is 13.4. The van der Waals surface area contributed by atoms with E-state index in [0.717, 1.165) is 61.0 Å². The maximum Gasteiger partial charge on any atom is 0.136 e.